The maximum absolute atomic E-state index is 11.9. The van der Waals surface area contributed by atoms with Gasteiger partial charge in [-0.1, -0.05) is 0 Å². The molecule has 1 heterocycles. The number of alkyl carbamates (subject to hydrolysis) is 1. The van der Waals surface area contributed by atoms with E-state index >= 15 is 0 Å². The van der Waals surface area contributed by atoms with Gasteiger partial charge in [0.05, 0.1) is 17.6 Å². The lowest BCUT2D eigenvalue weighted by molar-refractivity contribution is 0.0381. The number of amides is 1. The number of hydrogen-bond acceptors (Lipinski definition) is 5. The van der Waals surface area contributed by atoms with E-state index in [2.05, 4.69) is 10.6 Å². The zero-order valence-electron chi connectivity index (χ0n) is 13.8. The summed E-state index contributed by atoms with van der Waals surface area (Å²) in [5.74, 6) is -0.462. The van der Waals surface area contributed by atoms with Crippen LogP contribution in [0.15, 0.2) is 16.7 Å². The summed E-state index contributed by atoms with van der Waals surface area (Å²) in [6.45, 7) is 6.47. The fraction of sp³-hybridized carbons (Fsp3) is 0.625. The molecular formula is C16H24N2O5. The molecule has 1 aliphatic rings. The number of carbonyl (C=O) groups excluding carboxylic acids is 1. The van der Waals surface area contributed by atoms with Crippen LogP contribution in [-0.4, -0.2) is 34.9 Å². The predicted molar refractivity (Wildman–Crippen MR) is 83.3 cm³/mol. The predicted octanol–water partition coefficient (Wildman–Crippen LogP) is 2.51. The van der Waals surface area contributed by atoms with Crippen molar-refractivity contribution >= 4 is 12.1 Å². The molecule has 0 aliphatic heterocycles. The maximum atomic E-state index is 11.9. The monoisotopic (exact) mass is 324 g/mol. The highest BCUT2D eigenvalue weighted by Crippen LogP contribution is 2.31. The number of carbonyl (C=O) groups is 2. The number of ether oxygens (including phenoxy) is 1. The lowest BCUT2D eigenvalue weighted by atomic mass is 9.76. The first-order chi connectivity index (χ1) is 10.7. The molecule has 0 atom stereocenters. The normalized spacial score (nSPS) is 16.5. The number of aromatic carboxylic acids is 1. The van der Waals surface area contributed by atoms with Crippen LogP contribution >= 0.6 is 0 Å². The molecule has 0 bridgehead atoms. The van der Waals surface area contributed by atoms with Crippen molar-refractivity contribution in [3.8, 4) is 0 Å². The van der Waals surface area contributed by atoms with E-state index in [-0.39, 0.29) is 11.1 Å². The molecule has 7 nitrogen and oxygen atoms in total. The Kier molecular flexibility index (Phi) is 4.99. The van der Waals surface area contributed by atoms with E-state index < -0.39 is 17.7 Å². The van der Waals surface area contributed by atoms with Crippen LogP contribution < -0.4 is 10.6 Å². The fourth-order valence-electron chi connectivity index (χ4n) is 2.48. The second-order valence-electron chi connectivity index (χ2n) is 6.97. The highest BCUT2D eigenvalue weighted by molar-refractivity contribution is 5.87. The van der Waals surface area contributed by atoms with Crippen molar-refractivity contribution in [2.45, 2.75) is 57.7 Å². The summed E-state index contributed by atoms with van der Waals surface area (Å²) >= 11 is 0. The first-order valence-electron chi connectivity index (χ1n) is 7.72. The molecule has 1 aliphatic carbocycles. The van der Waals surface area contributed by atoms with Crippen LogP contribution in [0.25, 0.3) is 0 Å². The van der Waals surface area contributed by atoms with E-state index in [1.54, 1.807) is 0 Å². The molecular weight excluding hydrogens is 300 g/mol. The third-order valence-corrected chi connectivity index (χ3v) is 3.74. The Hall–Kier alpha value is -2.02. The molecule has 0 radical (unpaired) electrons. The topological polar surface area (TPSA) is 101 Å². The van der Waals surface area contributed by atoms with Gasteiger partial charge in [-0.15, -0.1) is 0 Å². The number of furan rings is 1. The Balaban J connectivity index is 1.82. The number of carboxylic acid groups (broad SMARTS) is 1. The average molecular weight is 324 g/mol. The third-order valence-electron chi connectivity index (χ3n) is 3.74. The Bertz CT molecular complexity index is 569. The maximum Gasteiger partial charge on any atom is 0.408 e. The zero-order chi connectivity index (χ0) is 17.1. The summed E-state index contributed by atoms with van der Waals surface area (Å²) in [5, 5.41) is 15.0. The van der Waals surface area contributed by atoms with Gasteiger partial charge in [0.1, 0.15) is 17.6 Å². The number of carboxylic acids is 1. The molecule has 1 saturated carbocycles. The van der Waals surface area contributed by atoms with E-state index in [0.717, 1.165) is 19.3 Å². The average Bonchev–Trinajstić information content (AvgIpc) is 2.82. The van der Waals surface area contributed by atoms with Gasteiger partial charge in [-0.2, -0.15) is 0 Å². The van der Waals surface area contributed by atoms with Crippen LogP contribution in [0.3, 0.4) is 0 Å². The van der Waals surface area contributed by atoms with Crippen molar-refractivity contribution in [2.24, 2.45) is 0 Å². The van der Waals surface area contributed by atoms with Crippen LogP contribution in [0.4, 0.5) is 4.79 Å². The molecule has 128 valence electrons. The molecule has 0 unspecified atom stereocenters. The Labute approximate surface area is 135 Å². The molecule has 1 aromatic rings. The van der Waals surface area contributed by atoms with Crippen molar-refractivity contribution in [1.29, 1.82) is 0 Å². The van der Waals surface area contributed by atoms with E-state index in [1.165, 1.54) is 12.3 Å². The molecule has 0 spiro atoms. The lowest BCUT2D eigenvalue weighted by Gasteiger charge is -2.42. The van der Waals surface area contributed by atoms with Crippen molar-refractivity contribution in [1.82, 2.24) is 10.6 Å². The largest absolute Gasteiger partial charge is 0.478 e. The summed E-state index contributed by atoms with van der Waals surface area (Å²) < 4.78 is 10.5. The molecule has 1 fully saturated rings. The molecule has 0 saturated heterocycles. The van der Waals surface area contributed by atoms with Gasteiger partial charge in [0, 0.05) is 6.54 Å². The minimum Gasteiger partial charge on any atom is -0.478 e. The minimum atomic E-state index is -1.01. The smallest absolute Gasteiger partial charge is 0.408 e. The van der Waals surface area contributed by atoms with Gasteiger partial charge in [0.15, 0.2) is 0 Å². The fourth-order valence-corrected chi connectivity index (χ4v) is 2.48. The van der Waals surface area contributed by atoms with E-state index in [9.17, 15) is 9.59 Å². The summed E-state index contributed by atoms with van der Waals surface area (Å²) in [4.78, 5) is 22.7. The van der Waals surface area contributed by atoms with Gasteiger partial charge in [-0.05, 0) is 46.1 Å². The van der Waals surface area contributed by atoms with Crippen LogP contribution in [0.2, 0.25) is 0 Å². The first kappa shape index (κ1) is 17.3. The number of hydrogen-bond donors (Lipinski definition) is 3. The van der Waals surface area contributed by atoms with Gasteiger partial charge in [-0.25, -0.2) is 9.59 Å². The van der Waals surface area contributed by atoms with Crippen LogP contribution in [0, 0.1) is 0 Å². The highest BCUT2D eigenvalue weighted by Gasteiger charge is 2.39. The first-order valence-corrected chi connectivity index (χ1v) is 7.72. The Morgan fingerprint density at radius 3 is 2.57 bits per heavy atom. The van der Waals surface area contributed by atoms with Gasteiger partial charge in [0.25, 0.3) is 0 Å². The van der Waals surface area contributed by atoms with E-state index in [4.69, 9.17) is 14.3 Å². The Morgan fingerprint density at radius 2 is 2.09 bits per heavy atom. The second-order valence-corrected chi connectivity index (χ2v) is 6.97. The molecule has 3 N–H and O–H groups in total. The summed E-state index contributed by atoms with van der Waals surface area (Å²) in [6, 6.07) is 1.49. The van der Waals surface area contributed by atoms with Crippen LogP contribution in [0.5, 0.6) is 0 Å². The second kappa shape index (κ2) is 6.62. The van der Waals surface area contributed by atoms with Gasteiger partial charge < -0.3 is 24.9 Å². The third kappa shape index (κ3) is 4.99. The highest BCUT2D eigenvalue weighted by atomic mass is 16.6. The van der Waals surface area contributed by atoms with Gasteiger partial charge >= 0.3 is 12.1 Å². The summed E-state index contributed by atoms with van der Waals surface area (Å²) in [6.07, 6.45) is 3.64. The molecule has 7 heteroatoms. The molecule has 2 rings (SSSR count). The lowest BCUT2D eigenvalue weighted by Crippen LogP contribution is -2.59. The summed E-state index contributed by atoms with van der Waals surface area (Å²) in [7, 11) is 0. The zero-order valence-corrected chi connectivity index (χ0v) is 13.8. The van der Waals surface area contributed by atoms with Crippen molar-refractivity contribution < 1.29 is 23.8 Å². The minimum absolute atomic E-state index is 0.132. The molecule has 1 amide bonds. The molecule has 1 aromatic heterocycles. The van der Waals surface area contributed by atoms with Crippen molar-refractivity contribution in [2.75, 3.05) is 6.54 Å². The van der Waals surface area contributed by atoms with Crippen LogP contribution in [-0.2, 0) is 11.3 Å². The quantitative estimate of drug-likeness (QED) is 0.743. The SMILES string of the molecule is CC(C)(C)OC(=O)NC1(CNCc2cc(C(=O)O)co2)CCC1. The van der Waals surface area contributed by atoms with Gasteiger partial charge in [-0.3, -0.25) is 0 Å². The van der Waals surface area contributed by atoms with E-state index in [0.29, 0.717) is 18.8 Å². The van der Waals surface area contributed by atoms with Gasteiger partial charge in [0.2, 0.25) is 0 Å². The van der Waals surface area contributed by atoms with E-state index in [1.807, 2.05) is 20.8 Å². The molecule has 0 aromatic carbocycles. The standard InChI is InChI=1S/C16H24N2O5/c1-15(2,3)23-14(21)18-16(5-4-6-16)10-17-8-12-7-11(9-22-12)13(19)20/h7,9,17H,4-6,8,10H2,1-3H3,(H,18,21)(H,19,20). The number of nitrogens with one attached hydrogen (secondary N) is 2. The van der Waals surface area contributed by atoms with Crippen molar-refractivity contribution in [3.63, 3.8) is 0 Å². The Morgan fingerprint density at radius 1 is 1.39 bits per heavy atom. The summed E-state index contributed by atoms with van der Waals surface area (Å²) in [5.41, 5.74) is -0.693. The van der Waals surface area contributed by atoms with Crippen molar-refractivity contribution in [3.05, 3.63) is 23.7 Å². The number of rotatable bonds is 6. The molecule has 23 heavy (non-hydrogen) atoms. The van der Waals surface area contributed by atoms with Crippen LogP contribution in [0.1, 0.15) is 56.2 Å².